The van der Waals surface area contributed by atoms with Crippen LogP contribution >= 0.6 is 0 Å². The number of hydrogen-bond acceptors (Lipinski definition) is 1. The van der Waals surface area contributed by atoms with Gasteiger partial charge in [-0.25, -0.2) is 90.1 Å². The fraction of sp³-hybridized carbons (Fsp3) is 0.370. The SMILES string of the molecule is CC(C)(C)N=[C-]C(=C1C(C2CCCCC2)=C1[B-](c1c(F)c(F)c(F)c(F)c1F)(c1c(F)c(F)c(F)c(F)c1F)c1c(F)c(F)c(F)c(F)c1F)C1CCCCC1.[C-]#[N+]C(C)(C)C.[Zr].[cH-]1[cH-][cH-][cH-][cH-]1.c1cc[cH-]c1. The van der Waals surface area contributed by atoms with Crippen LogP contribution in [0.15, 0.2) is 87.8 Å². The molecule has 0 aliphatic heterocycles. The maximum Gasteiger partial charge on any atom is 0.224 e. The number of benzene rings is 3. The molecule has 73 heavy (non-hydrogen) atoms. The Morgan fingerprint density at radius 3 is 1.10 bits per heavy atom. The van der Waals surface area contributed by atoms with Crippen molar-refractivity contribution in [3.05, 3.63) is 182 Å². The number of hydrogen-bond donors (Lipinski definition) is 0. The van der Waals surface area contributed by atoms with E-state index in [0.29, 0.717) is 51.4 Å². The van der Waals surface area contributed by atoms with Crippen molar-refractivity contribution < 1.29 is 92.1 Å². The number of rotatable bonds is 7. The molecule has 3 aliphatic rings. The molecule has 2 fully saturated rings. The fourth-order valence-corrected chi connectivity index (χ4v) is 9.26. The molecule has 2 saturated carbocycles. The van der Waals surface area contributed by atoms with Gasteiger partial charge in [0.05, 0.1) is 0 Å². The third kappa shape index (κ3) is 12.9. The van der Waals surface area contributed by atoms with Gasteiger partial charge in [0.1, 0.15) is 41.0 Å². The van der Waals surface area contributed by atoms with Gasteiger partial charge >= 0.3 is 0 Å². The van der Waals surface area contributed by atoms with Crippen molar-refractivity contribution in [1.82, 2.24) is 0 Å². The van der Waals surface area contributed by atoms with Gasteiger partial charge in [-0.2, -0.15) is 29.3 Å². The summed E-state index contributed by atoms with van der Waals surface area (Å²) in [5.74, 6) is -46.5. The third-order valence-corrected chi connectivity index (χ3v) is 12.5. The van der Waals surface area contributed by atoms with Crippen molar-refractivity contribution in [3.63, 3.8) is 0 Å². The molecule has 0 amide bonds. The van der Waals surface area contributed by atoms with Gasteiger partial charge in [-0.15, -0.1) is 22.6 Å². The summed E-state index contributed by atoms with van der Waals surface area (Å²) in [6.07, 6.45) is 0.804. The molecule has 5 aromatic rings. The Bertz CT molecular complexity index is 2540. The van der Waals surface area contributed by atoms with E-state index in [9.17, 15) is 13.2 Å². The summed E-state index contributed by atoms with van der Waals surface area (Å²) in [6, 6.07) is 20.0. The zero-order valence-electron chi connectivity index (χ0n) is 40.6. The van der Waals surface area contributed by atoms with E-state index in [0.717, 1.165) is 0 Å². The smallest absolute Gasteiger partial charge is 0.224 e. The predicted molar refractivity (Wildman–Crippen MR) is 248 cm³/mol. The number of nitrogens with zero attached hydrogens (tertiary/aromatic N) is 2. The number of allylic oxidation sites excluding steroid dienone is 4. The van der Waals surface area contributed by atoms with E-state index >= 15 is 52.7 Å². The molecule has 2 nitrogen and oxygen atoms in total. The molecule has 0 heterocycles. The predicted octanol–water partition coefficient (Wildman–Crippen LogP) is 14.8. The van der Waals surface area contributed by atoms with Crippen LogP contribution in [0.5, 0.6) is 0 Å². The minimum atomic E-state index is -5.85. The second kappa shape index (κ2) is 25.0. The van der Waals surface area contributed by atoms with Gasteiger partial charge in [0.15, 0.2) is 52.4 Å². The van der Waals surface area contributed by atoms with Gasteiger partial charge in [-0.05, 0) is 58.3 Å². The van der Waals surface area contributed by atoms with Crippen LogP contribution in [0.25, 0.3) is 4.85 Å². The van der Waals surface area contributed by atoms with E-state index in [1.807, 2.05) is 81.4 Å². The second-order valence-corrected chi connectivity index (χ2v) is 19.7. The van der Waals surface area contributed by atoms with Crippen LogP contribution in [0, 0.1) is 106 Å². The Morgan fingerprint density at radius 1 is 0.521 bits per heavy atom. The molecule has 0 saturated heterocycles. The molecule has 5 aromatic carbocycles. The van der Waals surface area contributed by atoms with E-state index in [1.54, 1.807) is 20.8 Å². The van der Waals surface area contributed by atoms with E-state index in [1.165, 1.54) is 0 Å². The van der Waals surface area contributed by atoms with E-state index < -0.39 is 138 Å². The Hall–Kier alpha value is -5.10. The van der Waals surface area contributed by atoms with Crippen molar-refractivity contribution in [2.75, 3.05) is 0 Å². The fourth-order valence-electron chi connectivity index (χ4n) is 9.26. The Kier molecular flexibility index (Phi) is 20.7. The monoisotopic (exact) mass is 1110 g/mol. The first kappa shape index (κ1) is 60.5. The van der Waals surface area contributed by atoms with Crippen LogP contribution in [-0.2, 0) is 26.2 Å². The average molecular weight is 1110 g/mol. The normalized spacial score (nSPS) is 16.1. The first-order valence-corrected chi connectivity index (χ1v) is 23.2. The molecular formula is C54H50BF15N2Zr-8. The van der Waals surface area contributed by atoms with Gasteiger partial charge in [0, 0.05) is 52.5 Å². The van der Waals surface area contributed by atoms with E-state index in [2.05, 4.69) is 16.1 Å². The van der Waals surface area contributed by atoms with E-state index in [-0.39, 0.29) is 55.7 Å². The van der Waals surface area contributed by atoms with Crippen molar-refractivity contribution in [1.29, 1.82) is 0 Å². The minimum absolute atomic E-state index is 0. The molecular weight excluding hydrogens is 1060 g/mol. The van der Waals surface area contributed by atoms with Crippen LogP contribution in [0.4, 0.5) is 65.9 Å². The van der Waals surface area contributed by atoms with Crippen LogP contribution in [-0.4, -0.2) is 23.4 Å². The van der Waals surface area contributed by atoms with E-state index in [4.69, 9.17) is 6.57 Å². The quantitative estimate of drug-likeness (QED) is 0.0386. The second-order valence-electron chi connectivity index (χ2n) is 19.7. The molecule has 0 atom stereocenters. The molecule has 0 N–H and O–H groups in total. The molecule has 0 unspecified atom stereocenters. The van der Waals surface area contributed by atoms with Crippen LogP contribution in [0.3, 0.4) is 0 Å². The summed E-state index contributed by atoms with van der Waals surface area (Å²) in [7, 11) is 0. The van der Waals surface area contributed by atoms with Crippen LogP contribution in [0.2, 0.25) is 0 Å². The summed E-state index contributed by atoms with van der Waals surface area (Å²) >= 11 is 0. The Morgan fingerprint density at radius 2 is 0.822 bits per heavy atom. The zero-order chi connectivity index (χ0) is 53.6. The summed E-state index contributed by atoms with van der Waals surface area (Å²) in [5, 5.41) is 0. The van der Waals surface area contributed by atoms with Gasteiger partial charge < -0.3 is 40.2 Å². The van der Waals surface area contributed by atoms with Crippen LogP contribution in [0.1, 0.15) is 106 Å². The van der Waals surface area contributed by atoms with Gasteiger partial charge in [-0.3, -0.25) is 5.47 Å². The summed E-state index contributed by atoms with van der Waals surface area (Å²) < 4.78 is 235. The van der Waals surface area contributed by atoms with Gasteiger partial charge in [-0.1, -0.05) is 38.5 Å². The van der Waals surface area contributed by atoms with Crippen molar-refractivity contribution >= 4 is 28.7 Å². The first-order chi connectivity index (χ1) is 33.8. The van der Waals surface area contributed by atoms with Crippen molar-refractivity contribution in [3.8, 4) is 0 Å². The molecule has 0 aromatic heterocycles. The maximum absolute atomic E-state index is 16.5. The maximum atomic E-state index is 16.5. The minimum Gasteiger partial charge on any atom is -0.748 e. The number of halogens is 15. The zero-order valence-corrected chi connectivity index (χ0v) is 43.1. The Labute approximate surface area is 434 Å². The third-order valence-electron chi connectivity index (χ3n) is 12.5. The number of aliphatic imine (C=N–C) groups is 1. The van der Waals surface area contributed by atoms with Crippen molar-refractivity contribution in [2.24, 2.45) is 16.8 Å². The molecule has 8 rings (SSSR count). The molecule has 0 spiro atoms. The average Bonchev–Trinajstić information content (AvgIpc) is 3.77. The summed E-state index contributed by atoms with van der Waals surface area (Å²) in [5.41, 5.74) is -10.8. The molecule has 19 heteroatoms. The van der Waals surface area contributed by atoms with Crippen molar-refractivity contribution in [2.45, 2.75) is 117 Å². The summed E-state index contributed by atoms with van der Waals surface area (Å²) in [6.45, 7) is 16.9. The molecule has 3 aliphatic carbocycles. The topological polar surface area (TPSA) is 16.7 Å². The summed E-state index contributed by atoms with van der Waals surface area (Å²) in [4.78, 5) is 7.62. The van der Waals surface area contributed by atoms with Gasteiger partial charge in [0.25, 0.3) is 0 Å². The van der Waals surface area contributed by atoms with Gasteiger partial charge in [0.2, 0.25) is 5.54 Å². The standard InChI is InChI=1S/C39H31BF15N.C5H9N.2C5H5.Zr/c1-39(2,3)56-14-17(15-10-6-4-7-11-15)19-18(16-12-8-5-9-13-16)20(19)40(21-24(41)30(47)36(53)31(48)25(21)42,22-26(43)32(49)37(54)33(50)27(22)44)23-28(45)34(51)38(55)35(52)29(23)46;1-5(2,3)6-4;2*1-2-4-5-3-1;/h15-16H,4-13H2,1-3H3;1-3H3;2*1-5H;/q-2;;-5;-1;. The molecule has 396 valence electrons. The molecule has 0 bridgehead atoms. The molecule has 0 radical (unpaired) electrons. The largest absolute Gasteiger partial charge is 0.748 e. The van der Waals surface area contributed by atoms with Crippen LogP contribution < -0.4 is 16.4 Å². The first-order valence-electron chi connectivity index (χ1n) is 23.2. The Balaban J connectivity index is 0.000000579.